The number of hydrogen-bond donors (Lipinski definition) is 2. The van der Waals surface area contributed by atoms with E-state index in [1.807, 2.05) is 16.8 Å². The van der Waals surface area contributed by atoms with E-state index >= 15 is 0 Å². The van der Waals surface area contributed by atoms with Gasteiger partial charge in [-0.25, -0.2) is 18.1 Å². The van der Waals surface area contributed by atoms with Crippen molar-refractivity contribution in [1.29, 1.82) is 0 Å². The Morgan fingerprint density at radius 3 is 2.81 bits per heavy atom. The van der Waals surface area contributed by atoms with Crippen LogP contribution in [0.15, 0.2) is 47.9 Å². The van der Waals surface area contributed by atoms with Gasteiger partial charge in [-0.15, -0.1) is 0 Å². The van der Waals surface area contributed by atoms with Crippen LogP contribution >= 0.6 is 0 Å². The van der Waals surface area contributed by atoms with E-state index in [9.17, 15) is 8.42 Å². The van der Waals surface area contributed by atoms with Gasteiger partial charge in [0, 0.05) is 31.5 Å². The minimum atomic E-state index is -3.44. The summed E-state index contributed by atoms with van der Waals surface area (Å²) in [4.78, 5) is 4.28. The van der Waals surface area contributed by atoms with Gasteiger partial charge < -0.3 is 9.88 Å². The highest BCUT2D eigenvalue weighted by molar-refractivity contribution is 7.89. The Kier molecular flexibility index (Phi) is 3.94. The van der Waals surface area contributed by atoms with Crippen LogP contribution in [0, 0.1) is 0 Å². The smallest absolute Gasteiger partial charge is 0.242 e. The molecule has 1 aliphatic carbocycles. The Bertz CT molecular complexity index is 694. The molecule has 1 heterocycles. The van der Waals surface area contributed by atoms with E-state index in [1.165, 1.54) is 0 Å². The highest BCUT2D eigenvalue weighted by Crippen LogP contribution is 2.25. The third-order valence-corrected chi connectivity index (χ3v) is 4.90. The number of nitrogens with zero attached hydrogens (tertiary/aromatic N) is 2. The largest absolute Gasteiger partial charge is 0.382 e. The van der Waals surface area contributed by atoms with Crippen LogP contribution in [-0.2, 0) is 16.6 Å². The van der Waals surface area contributed by atoms with Gasteiger partial charge in [0.05, 0.1) is 12.0 Å². The van der Waals surface area contributed by atoms with Crippen LogP contribution in [0.5, 0.6) is 0 Å². The van der Waals surface area contributed by atoms with E-state index in [1.54, 1.807) is 30.7 Å². The van der Waals surface area contributed by atoms with Crippen molar-refractivity contribution in [1.82, 2.24) is 14.3 Å². The molecule has 0 amide bonds. The van der Waals surface area contributed by atoms with Crippen LogP contribution in [0.25, 0.3) is 0 Å². The highest BCUT2D eigenvalue weighted by atomic mass is 32.2. The summed E-state index contributed by atoms with van der Waals surface area (Å²) in [6, 6.07) is 7.09. The zero-order valence-corrected chi connectivity index (χ0v) is 12.4. The van der Waals surface area contributed by atoms with Gasteiger partial charge in [-0.05, 0) is 25.0 Å². The summed E-state index contributed by atoms with van der Waals surface area (Å²) in [5.41, 5.74) is 0.630. The fraction of sp³-hybridized carbons (Fsp3) is 0.357. The van der Waals surface area contributed by atoms with Gasteiger partial charge in [-0.3, -0.25) is 0 Å². The predicted molar refractivity (Wildman–Crippen MR) is 80.5 cm³/mol. The summed E-state index contributed by atoms with van der Waals surface area (Å²) >= 11 is 0. The molecule has 1 saturated carbocycles. The average Bonchev–Trinajstić information content (AvgIpc) is 3.11. The fourth-order valence-electron chi connectivity index (χ4n) is 2.07. The summed E-state index contributed by atoms with van der Waals surface area (Å²) in [6.07, 6.45) is 7.18. The SMILES string of the molecule is O=S(=O)(NC1CC1)c1ccccc1NCCn1ccnc1. The van der Waals surface area contributed by atoms with Crippen molar-refractivity contribution in [3.8, 4) is 0 Å². The number of sulfonamides is 1. The van der Waals surface area contributed by atoms with Crippen LogP contribution < -0.4 is 10.0 Å². The summed E-state index contributed by atoms with van der Waals surface area (Å²) in [6.45, 7) is 1.36. The Morgan fingerprint density at radius 1 is 1.29 bits per heavy atom. The zero-order valence-electron chi connectivity index (χ0n) is 11.6. The molecule has 0 aliphatic heterocycles. The van der Waals surface area contributed by atoms with E-state index in [0.29, 0.717) is 17.1 Å². The average molecular weight is 306 g/mol. The molecule has 0 unspecified atom stereocenters. The third kappa shape index (κ3) is 3.62. The second kappa shape index (κ2) is 5.87. The lowest BCUT2D eigenvalue weighted by Gasteiger charge is -2.13. The fourth-order valence-corrected chi connectivity index (χ4v) is 3.56. The molecule has 0 bridgehead atoms. The molecule has 1 aliphatic rings. The number of hydrogen-bond acceptors (Lipinski definition) is 4. The first-order valence-electron chi connectivity index (χ1n) is 6.96. The van der Waals surface area contributed by atoms with Crippen molar-refractivity contribution < 1.29 is 8.42 Å². The number of rotatable bonds is 7. The maximum absolute atomic E-state index is 12.3. The predicted octanol–water partition coefficient (Wildman–Crippen LogP) is 1.44. The Hall–Kier alpha value is -1.86. The molecule has 112 valence electrons. The number of imidazole rings is 1. The van der Waals surface area contributed by atoms with Gasteiger partial charge in [-0.2, -0.15) is 0 Å². The molecule has 2 aromatic rings. The lowest BCUT2D eigenvalue weighted by molar-refractivity contribution is 0.581. The molecule has 7 heteroatoms. The number of aromatic nitrogens is 2. The second-order valence-corrected chi connectivity index (χ2v) is 6.80. The van der Waals surface area contributed by atoms with E-state index < -0.39 is 10.0 Å². The highest BCUT2D eigenvalue weighted by Gasteiger charge is 2.29. The summed E-state index contributed by atoms with van der Waals surface area (Å²) in [5.74, 6) is 0. The van der Waals surface area contributed by atoms with E-state index in [4.69, 9.17) is 0 Å². The third-order valence-electron chi connectivity index (χ3n) is 3.32. The molecular formula is C14H18N4O2S. The van der Waals surface area contributed by atoms with Crippen LogP contribution in [0.4, 0.5) is 5.69 Å². The van der Waals surface area contributed by atoms with Gasteiger partial charge in [0.2, 0.25) is 10.0 Å². The van der Waals surface area contributed by atoms with Crippen molar-refractivity contribution >= 4 is 15.7 Å². The number of benzene rings is 1. The topological polar surface area (TPSA) is 76.0 Å². The zero-order chi connectivity index (χ0) is 14.7. The molecule has 3 rings (SSSR count). The first kappa shape index (κ1) is 14.1. The van der Waals surface area contributed by atoms with Crippen molar-refractivity contribution in [3.63, 3.8) is 0 Å². The van der Waals surface area contributed by atoms with Crippen LogP contribution in [0.1, 0.15) is 12.8 Å². The maximum atomic E-state index is 12.3. The van der Waals surface area contributed by atoms with Gasteiger partial charge >= 0.3 is 0 Å². The number of anilines is 1. The standard InChI is InChI=1S/C14H18N4O2S/c19-21(20,17-12-5-6-12)14-4-2-1-3-13(14)16-8-10-18-9-7-15-11-18/h1-4,7,9,11-12,16-17H,5-6,8,10H2. The van der Waals surface area contributed by atoms with Crippen LogP contribution in [-0.4, -0.2) is 30.6 Å². The molecule has 0 atom stereocenters. The molecular weight excluding hydrogens is 288 g/mol. The minimum absolute atomic E-state index is 0.106. The van der Waals surface area contributed by atoms with Gasteiger partial charge in [-0.1, -0.05) is 12.1 Å². The molecule has 0 saturated heterocycles. The lowest BCUT2D eigenvalue weighted by Crippen LogP contribution is -2.26. The first-order valence-corrected chi connectivity index (χ1v) is 8.44. The van der Waals surface area contributed by atoms with Crippen molar-refractivity contribution in [2.75, 3.05) is 11.9 Å². The summed E-state index contributed by atoms with van der Waals surface area (Å²) in [5, 5.41) is 3.18. The second-order valence-electron chi connectivity index (χ2n) is 5.12. The molecule has 0 radical (unpaired) electrons. The van der Waals surface area contributed by atoms with Crippen molar-refractivity contribution in [2.45, 2.75) is 30.3 Å². The molecule has 2 N–H and O–H groups in total. The quantitative estimate of drug-likeness (QED) is 0.811. The van der Waals surface area contributed by atoms with E-state index in [0.717, 1.165) is 19.4 Å². The summed E-state index contributed by atoms with van der Waals surface area (Å²) < 4.78 is 29.3. The molecule has 1 fully saturated rings. The Labute approximate surface area is 124 Å². The Morgan fingerprint density at radius 2 is 2.10 bits per heavy atom. The molecule has 21 heavy (non-hydrogen) atoms. The van der Waals surface area contributed by atoms with Crippen LogP contribution in [0.2, 0.25) is 0 Å². The minimum Gasteiger partial charge on any atom is -0.382 e. The van der Waals surface area contributed by atoms with E-state index in [2.05, 4.69) is 15.0 Å². The lowest BCUT2D eigenvalue weighted by atomic mass is 10.3. The molecule has 0 spiro atoms. The monoisotopic (exact) mass is 306 g/mol. The van der Waals surface area contributed by atoms with Gasteiger partial charge in [0.25, 0.3) is 0 Å². The molecule has 6 nitrogen and oxygen atoms in total. The molecule has 1 aromatic heterocycles. The number of para-hydroxylation sites is 1. The van der Waals surface area contributed by atoms with Gasteiger partial charge in [0.15, 0.2) is 0 Å². The maximum Gasteiger partial charge on any atom is 0.242 e. The normalized spacial score (nSPS) is 15.0. The summed E-state index contributed by atoms with van der Waals surface area (Å²) in [7, 11) is -3.44. The number of nitrogens with one attached hydrogen (secondary N) is 2. The first-order chi connectivity index (χ1) is 10.1. The Balaban J connectivity index is 1.69. The molecule has 1 aromatic carbocycles. The van der Waals surface area contributed by atoms with Gasteiger partial charge in [0.1, 0.15) is 4.90 Å². The van der Waals surface area contributed by atoms with Crippen LogP contribution in [0.3, 0.4) is 0 Å². The van der Waals surface area contributed by atoms with Crippen molar-refractivity contribution in [2.24, 2.45) is 0 Å². The van der Waals surface area contributed by atoms with Crippen molar-refractivity contribution in [3.05, 3.63) is 43.0 Å². The van der Waals surface area contributed by atoms with E-state index in [-0.39, 0.29) is 6.04 Å².